The summed E-state index contributed by atoms with van der Waals surface area (Å²) in [6.07, 6.45) is 10.2. The summed E-state index contributed by atoms with van der Waals surface area (Å²) in [6, 6.07) is -0.710. The Kier molecular flexibility index (Phi) is 9.58. The van der Waals surface area contributed by atoms with Crippen molar-refractivity contribution >= 4 is 17.7 Å². The van der Waals surface area contributed by atoms with Gasteiger partial charge in [-0.15, -0.1) is 0 Å². The second-order valence-electron chi connectivity index (χ2n) is 9.46. The van der Waals surface area contributed by atoms with Crippen LogP contribution in [0.25, 0.3) is 0 Å². The minimum absolute atomic E-state index is 0.00548. The first-order valence-electron chi connectivity index (χ1n) is 12.2. The van der Waals surface area contributed by atoms with E-state index >= 15 is 0 Å². The van der Waals surface area contributed by atoms with Crippen LogP contribution in [0.4, 0.5) is 0 Å². The number of carbonyl (C=O) groups is 3. The van der Waals surface area contributed by atoms with Crippen molar-refractivity contribution in [2.45, 2.75) is 70.3 Å². The fraction of sp³-hybridized carbons (Fsp3) is 0.870. The zero-order valence-corrected chi connectivity index (χ0v) is 18.9. The summed E-state index contributed by atoms with van der Waals surface area (Å²) in [5.41, 5.74) is 5.64. The van der Waals surface area contributed by atoms with Crippen molar-refractivity contribution in [2.24, 2.45) is 17.6 Å². The Labute approximate surface area is 186 Å². The van der Waals surface area contributed by atoms with Crippen LogP contribution in [0.1, 0.15) is 64.2 Å². The number of hydrogen-bond acceptors (Lipinski definition) is 5. The fourth-order valence-electron chi connectivity index (χ4n) is 5.16. The summed E-state index contributed by atoms with van der Waals surface area (Å²) in [4.78, 5) is 42.2. The number of piperidine rings is 1. The zero-order valence-electron chi connectivity index (χ0n) is 18.9. The first-order chi connectivity index (χ1) is 15.0. The van der Waals surface area contributed by atoms with E-state index in [1.807, 2.05) is 0 Å². The number of ether oxygens (including phenoxy) is 1. The van der Waals surface area contributed by atoms with Crippen LogP contribution in [-0.2, 0) is 19.1 Å². The molecule has 3 N–H and O–H groups in total. The van der Waals surface area contributed by atoms with Gasteiger partial charge in [-0.05, 0) is 38.3 Å². The van der Waals surface area contributed by atoms with Crippen LogP contribution in [0.5, 0.6) is 0 Å². The molecule has 2 aliphatic heterocycles. The Bertz CT molecular complexity index is 596. The van der Waals surface area contributed by atoms with Gasteiger partial charge in [0, 0.05) is 32.0 Å². The van der Waals surface area contributed by atoms with Crippen molar-refractivity contribution in [3.8, 4) is 0 Å². The van der Waals surface area contributed by atoms with Gasteiger partial charge in [-0.2, -0.15) is 0 Å². The summed E-state index contributed by atoms with van der Waals surface area (Å²) >= 11 is 0. The highest BCUT2D eigenvalue weighted by Gasteiger charge is 2.31. The Morgan fingerprint density at radius 3 is 2.23 bits per heavy atom. The van der Waals surface area contributed by atoms with Gasteiger partial charge in [0.15, 0.2) is 0 Å². The highest BCUT2D eigenvalue weighted by atomic mass is 16.5. The second-order valence-corrected chi connectivity index (χ2v) is 9.46. The molecule has 8 nitrogen and oxygen atoms in total. The lowest BCUT2D eigenvalue weighted by molar-refractivity contribution is -0.140. The average Bonchev–Trinajstić information content (AvgIpc) is 2.80. The molecule has 31 heavy (non-hydrogen) atoms. The molecule has 0 aromatic heterocycles. The number of amides is 3. The zero-order chi connectivity index (χ0) is 22.1. The smallest absolute Gasteiger partial charge is 0.241 e. The van der Waals surface area contributed by atoms with Crippen LogP contribution in [0.2, 0.25) is 0 Å². The highest BCUT2D eigenvalue weighted by Crippen LogP contribution is 2.30. The van der Waals surface area contributed by atoms with Gasteiger partial charge in [-0.1, -0.05) is 38.5 Å². The quantitative estimate of drug-likeness (QED) is 0.566. The number of carbonyl (C=O) groups excluding carboxylic acids is 3. The van der Waals surface area contributed by atoms with Crippen molar-refractivity contribution in [3.63, 3.8) is 0 Å². The maximum Gasteiger partial charge on any atom is 0.241 e. The van der Waals surface area contributed by atoms with Crippen LogP contribution in [0, 0.1) is 11.8 Å². The number of likely N-dealkylation sites (tertiary alicyclic amines) is 1. The summed E-state index contributed by atoms with van der Waals surface area (Å²) < 4.78 is 5.35. The predicted molar refractivity (Wildman–Crippen MR) is 118 cm³/mol. The molecule has 3 aliphatic rings. The molecule has 0 radical (unpaired) electrons. The van der Waals surface area contributed by atoms with Gasteiger partial charge in [0.2, 0.25) is 17.7 Å². The normalized spacial score (nSPS) is 23.2. The van der Waals surface area contributed by atoms with Crippen LogP contribution in [0.15, 0.2) is 0 Å². The maximum absolute atomic E-state index is 13.3. The molecule has 3 rings (SSSR count). The van der Waals surface area contributed by atoms with E-state index in [4.69, 9.17) is 10.5 Å². The standard InChI is InChI=1S/C23H40N4O4/c24-22(29)20(17-26-9-5-2-6-10-26)25-23(30)19(15-18-7-3-1-4-8-18)16-21(28)27-11-13-31-14-12-27/h18-20H,1-17H2,(H2,24,29)(H,25,30)/t19-,20+/m1/s1. The van der Waals surface area contributed by atoms with Gasteiger partial charge in [0.25, 0.3) is 0 Å². The number of rotatable bonds is 9. The van der Waals surface area contributed by atoms with E-state index in [0.717, 1.165) is 38.8 Å². The van der Waals surface area contributed by atoms with Gasteiger partial charge in [0.05, 0.1) is 13.2 Å². The molecule has 1 aliphatic carbocycles. The Morgan fingerprint density at radius 2 is 1.58 bits per heavy atom. The maximum atomic E-state index is 13.3. The predicted octanol–water partition coefficient (Wildman–Crippen LogP) is 1.28. The molecule has 3 fully saturated rings. The molecule has 0 spiro atoms. The van der Waals surface area contributed by atoms with E-state index in [9.17, 15) is 14.4 Å². The summed E-state index contributed by atoms with van der Waals surface area (Å²) in [5, 5.41) is 2.91. The Morgan fingerprint density at radius 1 is 0.935 bits per heavy atom. The third kappa shape index (κ3) is 7.75. The van der Waals surface area contributed by atoms with Gasteiger partial charge in [-0.25, -0.2) is 0 Å². The molecule has 176 valence electrons. The minimum Gasteiger partial charge on any atom is -0.378 e. The molecule has 8 heteroatoms. The number of morpholine rings is 1. The molecule has 3 amide bonds. The average molecular weight is 437 g/mol. The monoisotopic (exact) mass is 436 g/mol. The third-order valence-electron chi connectivity index (χ3n) is 7.05. The fourth-order valence-corrected chi connectivity index (χ4v) is 5.16. The minimum atomic E-state index is -0.710. The number of nitrogens with zero attached hydrogens (tertiary/aromatic N) is 2. The molecule has 2 saturated heterocycles. The second kappa shape index (κ2) is 12.4. The lowest BCUT2D eigenvalue weighted by Gasteiger charge is -2.32. The molecular formula is C23H40N4O4. The molecule has 2 atom stereocenters. The molecule has 0 bridgehead atoms. The van der Waals surface area contributed by atoms with Crippen LogP contribution in [-0.4, -0.2) is 79.5 Å². The van der Waals surface area contributed by atoms with Gasteiger partial charge >= 0.3 is 0 Å². The van der Waals surface area contributed by atoms with Crippen molar-refractivity contribution in [1.29, 1.82) is 0 Å². The Balaban J connectivity index is 1.62. The third-order valence-corrected chi connectivity index (χ3v) is 7.05. The van der Waals surface area contributed by atoms with Gasteiger partial charge < -0.3 is 25.6 Å². The van der Waals surface area contributed by atoms with Crippen molar-refractivity contribution < 1.29 is 19.1 Å². The van der Waals surface area contributed by atoms with Gasteiger partial charge in [0.1, 0.15) is 6.04 Å². The first-order valence-corrected chi connectivity index (χ1v) is 12.2. The summed E-state index contributed by atoms with van der Waals surface area (Å²) in [6.45, 7) is 4.57. The van der Waals surface area contributed by atoms with E-state index in [0.29, 0.717) is 45.2 Å². The van der Waals surface area contributed by atoms with E-state index < -0.39 is 17.9 Å². The van der Waals surface area contributed by atoms with E-state index in [1.54, 1.807) is 4.90 Å². The van der Waals surface area contributed by atoms with Crippen LogP contribution < -0.4 is 11.1 Å². The Hall–Kier alpha value is -1.67. The van der Waals surface area contributed by atoms with E-state index in [1.165, 1.54) is 25.7 Å². The number of hydrogen-bond donors (Lipinski definition) is 2. The molecule has 0 aromatic carbocycles. The summed E-state index contributed by atoms with van der Waals surface area (Å²) in [5.74, 6) is -0.647. The van der Waals surface area contributed by atoms with Gasteiger partial charge in [-0.3, -0.25) is 14.4 Å². The molecule has 2 heterocycles. The number of primary amides is 1. The van der Waals surface area contributed by atoms with Crippen molar-refractivity contribution in [1.82, 2.24) is 15.1 Å². The molecule has 0 aromatic rings. The molecule has 0 unspecified atom stereocenters. The highest BCUT2D eigenvalue weighted by molar-refractivity contribution is 5.90. The van der Waals surface area contributed by atoms with E-state index in [2.05, 4.69) is 10.2 Å². The number of nitrogens with two attached hydrogens (primary N) is 1. The van der Waals surface area contributed by atoms with Crippen molar-refractivity contribution in [2.75, 3.05) is 45.9 Å². The lowest BCUT2D eigenvalue weighted by atomic mass is 9.81. The topological polar surface area (TPSA) is 105 Å². The van der Waals surface area contributed by atoms with Crippen molar-refractivity contribution in [3.05, 3.63) is 0 Å². The van der Waals surface area contributed by atoms with Crippen LogP contribution in [0.3, 0.4) is 0 Å². The molecular weight excluding hydrogens is 396 g/mol. The van der Waals surface area contributed by atoms with Crippen LogP contribution >= 0.6 is 0 Å². The largest absolute Gasteiger partial charge is 0.378 e. The SMILES string of the molecule is NC(=O)[C@H](CN1CCCCC1)NC(=O)[C@@H](CC(=O)N1CCOCC1)CC1CCCCC1. The van der Waals surface area contributed by atoms with E-state index in [-0.39, 0.29) is 18.2 Å². The first kappa shape index (κ1) is 24.0. The number of nitrogens with one attached hydrogen (secondary N) is 1. The summed E-state index contributed by atoms with van der Waals surface area (Å²) in [7, 11) is 0. The molecule has 1 saturated carbocycles. The lowest BCUT2D eigenvalue weighted by Crippen LogP contribution is -2.53.